The summed E-state index contributed by atoms with van der Waals surface area (Å²) in [6.07, 6.45) is 9.21. The van der Waals surface area contributed by atoms with Crippen molar-refractivity contribution < 1.29 is 26.4 Å². The van der Waals surface area contributed by atoms with E-state index < -0.39 is 26.1 Å². The number of amides is 1. The Balaban J connectivity index is 1.40. The summed E-state index contributed by atoms with van der Waals surface area (Å²) in [6, 6.07) is 4.46. The Kier molecular flexibility index (Phi) is 8.10. The summed E-state index contributed by atoms with van der Waals surface area (Å²) in [7, 11) is -3.26. The average Bonchev–Trinajstić information content (AvgIpc) is 3.75. The quantitative estimate of drug-likeness (QED) is 0.196. The lowest BCUT2D eigenvalue weighted by molar-refractivity contribution is -0.114. The van der Waals surface area contributed by atoms with E-state index in [4.69, 9.17) is 17.2 Å². The maximum atomic E-state index is 12.7. The van der Waals surface area contributed by atoms with E-state index in [9.17, 15) is 26.4 Å². The van der Waals surface area contributed by atoms with Crippen LogP contribution in [0.2, 0.25) is 0 Å². The van der Waals surface area contributed by atoms with Gasteiger partial charge in [-0.15, -0.1) is 0 Å². The third kappa shape index (κ3) is 6.32. The number of benzene rings is 1. The molecule has 0 spiro atoms. The fourth-order valence-corrected chi connectivity index (χ4v) is 6.18. The number of halogens is 3. The zero-order valence-electron chi connectivity index (χ0n) is 21.2. The molecule has 38 heavy (non-hydrogen) atoms. The number of hydrogen-bond acceptors (Lipinski definition) is 7. The smallest absolute Gasteiger partial charge is 0.386 e. The molecule has 3 aliphatic carbocycles. The van der Waals surface area contributed by atoms with E-state index in [1.807, 2.05) is 0 Å². The van der Waals surface area contributed by atoms with Crippen molar-refractivity contribution in [2.24, 2.45) is 34.0 Å². The minimum atomic E-state index is -5.48. The molecule has 4 rings (SSSR count). The third-order valence-electron chi connectivity index (χ3n) is 7.81. The highest BCUT2D eigenvalue weighted by Gasteiger charge is 2.47. The molecule has 0 radical (unpaired) electrons. The molecule has 3 aliphatic rings. The van der Waals surface area contributed by atoms with Crippen molar-refractivity contribution in [2.45, 2.75) is 79.5 Å². The van der Waals surface area contributed by atoms with Crippen LogP contribution in [-0.2, 0) is 14.6 Å². The highest BCUT2D eigenvalue weighted by Crippen LogP contribution is 2.48. The maximum Gasteiger partial charge on any atom is 0.501 e. The summed E-state index contributed by atoms with van der Waals surface area (Å²) in [6.45, 7) is 0. The number of aliphatic imine (C=N–C) groups is 1. The number of primary amides is 1. The second-order valence-electron chi connectivity index (χ2n) is 10.6. The van der Waals surface area contributed by atoms with Gasteiger partial charge in [0.05, 0.1) is 16.2 Å². The maximum absolute atomic E-state index is 12.7. The van der Waals surface area contributed by atoms with Crippen molar-refractivity contribution >= 4 is 27.3 Å². The van der Waals surface area contributed by atoms with Crippen molar-refractivity contribution in [1.82, 2.24) is 10.2 Å². The number of hydrogen-bond donors (Lipinski definition) is 4. The molecule has 0 bridgehead atoms. The van der Waals surface area contributed by atoms with Gasteiger partial charge in [0.15, 0.2) is 0 Å². The highest BCUT2D eigenvalue weighted by atomic mass is 32.2. The second-order valence-corrected chi connectivity index (χ2v) is 12.5. The SMILES string of the molecule is CN(C1CCC(NC=C(C(N)=O)C(N)=Nc2ccc(S(=O)(=O)C(F)(F)F)cc2)C(N)C1)C(C1CC1)C1CC1. The van der Waals surface area contributed by atoms with E-state index in [1.165, 1.54) is 31.9 Å². The number of nitrogens with one attached hydrogen (secondary N) is 1. The van der Waals surface area contributed by atoms with Gasteiger partial charge in [-0.1, -0.05) is 0 Å². The largest absolute Gasteiger partial charge is 0.501 e. The molecule has 7 N–H and O–H groups in total. The number of carbonyl (C=O) groups is 1. The molecular formula is C25H35F3N6O3S. The Morgan fingerprint density at radius 3 is 2.13 bits per heavy atom. The molecule has 9 nitrogen and oxygen atoms in total. The van der Waals surface area contributed by atoms with E-state index in [2.05, 4.69) is 22.3 Å². The minimum absolute atomic E-state index is 0.0527. The lowest BCUT2D eigenvalue weighted by atomic mass is 9.85. The van der Waals surface area contributed by atoms with Gasteiger partial charge < -0.3 is 22.5 Å². The van der Waals surface area contributed by atoms with Gasteiger partial charge in [-0.2, -0.15) is 13.2 Å². The first-order valence-electron chi connectivity index (χ1n) is 12.8. The van der Waals surface area contributed by atoms with Crippen LogP contribution in [0.1, 0.15) is 44.9 Å². The van der Waals surface area contributed by atoms with Gasteiger partial charge in [-0.25, -0.2) is 13.4 Å². The molecule has 3 atom stereocenters. The van der Waals surface area contributed by atoms with Gasteiger partial charge in [0.2, 0.25) is 0 Å². The molecule has 1 aromatic rings. The first-order chi connectivity index (χ1) is 17.8. The van der Waals surface area contributed by atoms with Crippen LogP contribution in [-0.4, -0.2) is 61.8 Å². The van der Waals surface area contributed by atoms with Crippen LogP contribution in [0.25, 0.3) is 0 Å². The number of rotatable bonds is 10. The second kappa shape index (κ2) is 10.9. The third-order valence-corrected chi connectivity index (χ3v) is 9.31. The number of sulfone groups is 1. The molecule has 3 fully saturated rings. The molecule has 210 valence electrons. The molecule has 0 aromatic heterocycles. The van der Waals surface area contributed by atoms with Gasteiger partial charge in [0.25, 0.3) is 15.7 Å². The number of nitrogens with zero attached hydrogens (tertiary/aromatic N) is 2. The van der Waals surface area contributed by atoms with Crippen LogP contribution >= 0.6 is 0 Å². The zero-order valence-corrected chi connectivity index (χ0v) is 22.0. The summed E-state index contributed by atoms with van der Waals surface area (Å²) in [5, 5.41) is 3.15. The molecule has 1 amide bonds. The lowest BCUT2D eigenvalue weighted by Crippen LogP contribution is -2.54. The lowest BCUT2D eigenvalue weighted by Gasteiger charge is -2.42. The summed E-state index contributed by atoms with van der Waals surface area (Å²) >= 11 is 0. The minimum Gasteiger partial charge on any atom is -0.386 e. The molecule has 13 heteroatoms. The average molecular weight is 557 g/mol. The predicted octanol–water partition coefficient (Wildman–Crippen LogP) is 2.30. The molecule has 0 aliphatic heterocycles. The first kappa shape index (κ1) is 28.4. The van der Waals surface area contributed by atoms with Gasteiger partial charge in [0, 0.05) is 30.4 Å². The van der Waals surface area contributed by atoms with E-state index in [-0.39, 0.29) is 29.2 Å². The predicted molar refractivity (Wildman–Crippen MR) is 138 cm³/mol. The number of alkyl halides is 3. The van der Waals surface area contributed by atoms with E-state index in [0.29, 0.717) is 12.1 Å². The van der Waals surface area contributed by atoms with Gasteiger partial charge in [-0.3, -0.25) is 9.69 Å². The number of carbonyl (C=O) groups excluding carboxylic acids is 1. The van der Waals surface area contributed by atoms with Crippen LogP contribution < -0.4 is 22.5 Å². The molecule has 1 aromatic carbocycles. The van der Waals surface area contributed by atoms with Crippen molar-refractivity contribution in [2.75, 3.05) is 7.05 Å². The summed E-state index contributed by atoms with van der Waals surface area (Å²) in [4.78, 5) is 17.7. The number of nitrogens with two attached hydrogens (primary N) is 3. The van der Waals surface area contributed by atoms with E-state index in [1.54, 1.807) is 0 Å². The van der Waals surface area contributed by atoms with Crippen molar-refractivity contribution in [3.05, 3.63) is 36.0 Å². The summed E-state index contributed by atoms with van der Waals surface area (Å²) < 4.78 is 61.3. The standard InChI is InChI=1S/C25H35F3N6O3S/c1-34(22(14-2-3-14)15-4-5-15)17-8-11-21(20(29)12-17)32-13-19(24(31)35)23(30)33-16-6-9-18(10-7-16)38(36,37)25(26,27)28/h6-7,9-10,13-15,17,20-22,32H,2-5,8,11-12,29H2,1H3,(H2,30,33)(H2,31,35). The topological polar surface area (TPSA) is 157 Å². The molecule has 3 saturated carbocycles. The summed E-state index contributed by atoms with van der Waals surface area (Å²) in [5.74, 6) is 0.505. The number of amidine groups is 1. The Labute approximate surface area is 220 Å². The van der Waals surface area contributed by atoms with Gasteiger partial charge in [0.1, 0.15) is 5.84 Å². The monoisotopic (exact) mass is 556 g/mol. The fourth-order valence-electron chi connectivity index (χ4n) is 5.42. The van der Waals surface area contributed by atoms with Crippen molar-refractivity contribution in [3.8, 4) is 0 Å². The Morgan fingerprint density at radius 1 is 1.08 bits per heavy atom. The molecule has 0 saturated heterocycles. The normalized spacial score (nSPS) is 25.6. The molecular weight excluding hydrogens is 521 g/mol. The van der Waals surface area contributed by atoms with Crippen molar-refractivity contribution in [3.63, 3.8) is 0 Å². The molecule has 3 unspecified atom stereocenters. The Hall–Kier alpha value is -2.64. The van der Waals surface area contributed by atoms with Gasteiger partial charge >= 0.3 is 5.51 Å². The first-order valence-corrected chi connectivity index (χ1v) is 14.3. The highest BCUT2D eigenvalue weighted by molar-refractivity contribution is 7.92. The van der Waals surface area contributed by atoms with Crippen LogP contribution in [0, 0.1) is 11.8 Å². The van der Waals surface area contributed by atoms with Crippen molar-refractivity contribution in [1.29, 1.82) is 0 Å². The zero-order chi connectivity index (χ0) is 27.8. The Morgan fingerprint density at radius 2 is 1.66 bits per heavy atom. The van der Waals surface area contributed by atoms with Gasteiger partial charge in [-0.05, 0) is 88.1 Å². The van der Waals surface area contributed by atoms with E-state index in [0.717, 1.165) is 55.4 Å². The van der Waals surface area contributed by atoms with Crippen LogP contribution in [0.4, 0.5) is 18.9 Å². The van der Waals surface area contributed by atoms with E-state index >= 15 is 0 Å². The van der Waals surface area contributed by atoms with Crippen LogP contribution in [0.5, 0.6) is 0 Å². The van der Waals surface area contributed by atoms with Crippen LogP contribution in [0.15, 0.2) is 45.9 Å². The Bertz CT molecular complexity index is 1180. The fraction of sp³-hybridized carbons (Fsp3) is 0.600. The molecule has 0 heterocycles. The summed E-state index contributed by atoms with van der Waals surface area (Å²) in [5.41, 5.74) is 12.5. The van der Waals surface area contributed by atoms with Crippen LogP contribution in [0.3, 0.4) is 0 Å².